The molecule has 0 aromatic heterocycles. The predicted octanol–water partition coefficient (Wildman–Crippen LogP) is 0.948. The first-order valence-corrected chi connectivity index (χ1v) is 8.92. The number of hydrogen-bond acceptors (Lipinski definition) is 4. The van der Waals surface area contributed by atoms with Gasteiger partial charge >= 0.3 is 0 Å². The van der Waals surface area contributed by atoms with Crippen molar-refractivity contribution in [2.45, 2.75) is 39.2 Å². The third kappa shape index (κ3) is 5.94. The number of nitrogens with one attached hydrogen (secondary N) is 1. The van der Waals surface area contributed by atoms with Gasteiger partial charge in [-0.25, -0.2) is 0 Å². The minimum absolute atomic E-state index is 0.112. The van der Waals surface area contributed by atoms with Crippen molar-refractivity contribution in [3.63, 3.8) is 0 Å². The number of nitrogens with zero attached hydrogens (tertiary/aromatic N) is 3. The highest BCUT2D eigenvalue weighted by atomic mass is 16.5. The van der Waals surface area contributed by atoms with Gasteiger partial charge in [-0.15, -0.1) is 0 Å². The Bertz CT molecular complexity index is 405. The molecule has 0 saturated carbocycles. The van der Waals surface area contributed by atoms with Gasteiger partial charge in [-0.05, 0) is 20.8 Å². The van der Waals surface area contributed by atoms with Crippen LogP contribution in [0.4, 0.5) is 0 Å². The van der Waals surface area contributed by atoms with Gasteiger partial charge in [0.05, 0.1) is 18.7 Å². The molecule has 0 aromatic rings. The Kier molecular flexibility index (Phi) is 9.07. The fourth-order valence-corrected chi connectivity index (χ4v) is 2.81. The molecule has 1 saturated heterocycles. The quantitative estimate of drug-likeness (QED) is 0.525. The maximum atomic E-state index is 12.3. The van der Waals surface area contributed by atoms with E-state index in [0.717, 1.165) is 38.4 Å². The lowest BCUT2D eigenvalue weighted by atomic mass is 9.94. The van der Waals surface area contributed by atoms with Crippen molar-refractivity contribution in [2.24, 2.45) is 4.99 Å². The average molecular weight is 342 g/mol. The first-order valence-electron chi connectivity index (χ1n) is 8.92. The summed E-state index contributed by atoms with van der Waals surface area (Å²) in [6.07, 6.45) is 1.68. The van der Waals surface area contributed by atoms with Gasteiger partial charge in [0.15, 0.2) is 5.96 Å². The molecule has 1 fully saturated rings. The topological polar surface area (TPSA) is 66.4 Å². The van der Waals surface area contributed by atoms with Crippen molar-refractivity contribution >= 4 is 11.9 Å². The number of amides is 1. The van der Waals surface area contributed by atoms with Crippen LogP contribution in [0.3, 0.4) is 0 Å². The van der Waals surface area contributed by atoms with Crippen LogP contribution in [0.15, 0.2) is 4.99 Å². The van der Waals surface area contributed by atoms with Crippen LogP contribution >= 0.6 is 0 Å². The summed E-state index contributed by atoms with van der Waals surface area (Å²) in [7, 11) is 3.63. The monoisotopic (exact) mass is 342 g/mol. The molecule has 24 heavy (non-hydrogen) atoms. The molecule has 0 unspecified atom stereocenters. The van der Waals surface area contributed by atoms with E-state index in [9.17, 15) is 4.79 Å². The lowest BCUT2D eigenvalue weighted by molar-refractivity contribution is -0.131. The van der Waals surface area contributed by atoms with Crippen LogP contribution in [0, 0.1) is 0 Å². The number of aliphatic imine (C=N–C) groups is 1. The van der Waals surface area contributed by atoms with Crippen LogP contribution in [-0.4, -0.2) is 87.4 Å². The normalized spacial score (nSPS) is 17.5. The SMILES string of the molecule is CCNC(=NCC1(OC)CCOCC1)N(C)CC(=O)N(CC)CC. The van der Waals surface area contributed by atoms with Crippen molar-refractivity contribution in [1.29, 1.82) is 0 Å². The smallest absolute Gasteiger partial charge is 0.242 e. The molecule has 1 heterocycles. The van der Waals surface area contributed by atoms with Crippen LogP contribution in [0.2, 0.25) is 0 Å². The van der Waals surface area contributed by atoms with Crippen LogP contribution in [0.1, 0.15) is 33.6 Å². The van der Waals surface area contributed by atoms with Crippen molar-refractivity contribution < 1.29 is 14.3 Å². The summed E-state index contributed by atoms with van der Waals surface area (Å²) in [6.45, 7) is 10.5. The molecule has 0 spiro atoms. The third-order valence-electron chi connectivity index (χ3n) is 4.54. The Morgan fingerprint density at radius 3 is 2.38 bits per heavy atom. The molecule has 7 nitrogen and oxygen atoms in total. The molecule has 0 atom stereocenters. The number of methoxy groups -OCH3 is 1. The van der Waals surface area contributed by atoms with E-state index in [1.165, 1.54) is 0 Å². The number of guanidine groups is 1. The van der Waals surface area contributed by atoms with Gasteiger partial charge in [0.2, 0.25) is 5.91 Å². The molecule has 1 aliphatic rings. The molecule has 0 aromatic carbocycles. The standard InChI is InChI=1S/C17H34N4O3/c1-6-18-16(20(4)13-15(22)21(7-2)8-3)19-14-17(23-5)9-11-24-12-10-17/h6-14H2,1-5H3,(H,18,19). The average Bonchev–Trinajstić information content (AvgIpc) is 2.60. The maximum absolute atomic E-state index is 12.3. The number of hydrogen-bond donors (Lipinski definition) is 1. The number of carbonyl (C=O) groups is 1. The van der Waals surface area contributed by atoms with Crippen molar-refractivity contribution in [3.8, 4) is 0 Å². The fraction of sp³-hybridized carbons (Fsp3) is 0.882. The molecular weight excluding hydrogens is 308 g/mol. The number of carbonyl (C=O) groups excluding carboxylic acids is 1. The Balaban J connectivity index is 2.74. The number of likely N-dealkylation sites (N-methyl/N-ethyl adjacent to an activating group) is 2. The van der Waals surface area contributed by atoms with Crippen LogP contribution < -0.4 is 5.32 Å². The van der Waals surface area contributed by atoms with Crippen LogP contribution in [-0.2, 0) is 14.3 Å². The molecule has 0 aliphatic carbocycles. The molecule has 1 N–H and O–H groups in total. The highest BCUT2D eigenvalue weighted by molar-refractivity contribution is 5.86. The van der Waals surface area contributed by atoms with Crippen molar-refractivity contribution in [2.75, 3.05) is 60.1 Å². The summed E-state index contributed by atoms with van der Waals surface area (Å²) >= 11 is 0. The van der Waals surface area contributed by atoms with Crippen LogP contribution in [0.5, 0.6) is 0 Å². The predicted molar refractivity (Wildman–Crippen MR) is 96.3 cm³/mol. The minimum atomic E-state index is -0.261. The zero-order valence-corrected chi connectivity index (χ0v) is 15.9. The molecule has 1 rings (SSSR count). The third-order valence-corrected chi connectivity index (χ3v) is 4.54. The summed E-state index contributed by atoms with van der Waals surface area (Å²) in [5, 5.41) is 3.26. The summed E-state index contributed by atoms with van der Waals surface area (Å²) in [5.74, 6) is 0.849. The highest BCUT2D eigenvalue weighted by Gasteiger charge is 2.32. The van der Waals surface area contributed by atoms with Gasteiger partial charge in [-0.2, -0.15) is 0 Å². The molecule has 1 aliphatic heterocycles. The van der Waals surface area contributed by atoms with Gasteiger partial charge in [0.1, 0.15) is 0 Å². The molecule has 7 heteroatoms. The second-order valence-electron chi connectivity index (χ2n) is 6.09. The Morgan fingerprint density at radius 2 is 1.88 bits per heavy atom. The molecular formula is C17H34N4O3. The fourth-order valence-electron chi connectivity index (χ4n) is 2.81. The van der Waals surface area contributed by atoms with E-state index in [2.05, 4.69) is 5.32 Å². The second-order valence-corrected chi connectivity index (χ2v) is 6.09. The van der Waals surface area contributed by atoms with E-state index in [-0.39, 0.29) is 11.5 Å². The summed E-state index contributed by atoms with van der Waals surface area (Å²) < 4.78 is 11.2. The van der Waals surface area contributed by atoms with E-state index in [4.69, 9.17) is 14.5 Å². The zero-order valence-electron chi connectivity index (χ0n) is 15.9. The van der Waals surface area contributed by atoms with E-state index in [0.29, 0.717) is 26.3 Å². The number of rotatable bonds is 8. The lowest BCUT2D eigenvalue weighted by Crippen LogP contribution is -2.47. The van der Waals surface area contributed by atoms with Gasteiger partial charge in [-0.1, -0.05) is 0 Å². The van der Waals surface area contributed by atoms with E-state index >= 15 is 0 Å². The largest absolute Gasteiger partial charge is 0.381 e. The van der Waals surface area contributed by atoms with Crippen molar-refractivity contribution in [3.05, 3.63) is 0 Å². The van der Waals surface area contributed by atoms with Gasteiger partial charge in [-0.3, -0.25) is 9.79 Å². The molecule has 0 radical (unpaired) electrons. The zero-order chi connectivity index (χ0) is 18.0. The molecule has 0 bridgehead atoms. The summed E-state index contributed by atoms with van der Waals surface area (Å²) in [5.41, 5.74) is -0.261. The first-order chi connectivity index (χ1) is 11.5. The van der Waals surface area contributed by atoms with E-state index in [1.807, 2.05) is 37.6 Å². The Labute approximate surface area is 146 Å². The van der Waals surface area contributed by atoms with E-state index < -0.39 is 0 Å². The Morgan fingerprint density at radius 1 is 1.25 bits per heavy atom. The number of ether oxygens (including phenoxy) is 2. The Hall–Kier alpha value is -1.34. The van der Waals surface area contributed by atoms with Crippen molar-refractivity contribution in [1.82, 2.24) is 15.1 Å². The molecule has 140 valence electrons. The summed E-state index contributed by atoms with van der Waals surface area (Å²) in [6, 6.07) is 0. The minimum Gasteiger partial charge on any atom is -0.381 e. The van der Waals surface area contributed by atoms with Gasteiger partial charge in [0.25, 0.3) is 0 Å². The van der Waals surface area contributed by atoms with E-state index in [1.54, 1.807) is 7.11 Å². The summed E-state index contributed by atoms with van der Waals surface area (Å²) in [4.78, 5) is 20.7. The highest BCUT2D eigenvalue weighted by Crippen LogP contribution is 2.24. The lowest BCUT2D eigenvalue weighted by Gasteiger charge is -2.35. The van der Waals surface area contributed by atoms with Gasteiger partial charge < -0.3 is 24.6 Å². The molecule has 1 amide bonds. The second kappa shape index (κ2) is 10.5. The maximum Gasteiger partial charge on any atom is 0.242 e. The first kappa shape index (κ1) is 20.7. The van der Waals surface area contributed by atoms with Gasteiger partial charge in [0, 0.05) is 59.8 Å². The van der Waals surface area contributed by atoms with Crippen LogP contribution in [0.25, 0.3) is 0 Å².